The summed E-state index contributed by atoms with van der Waals surface area (Å²) in [6, 6.07) is 7.68. The first-order valence-electron chi connectivity index (χ1n) is 4.93. The lowest BCUT2D eigenvalue weighted by Crippen LogP contribution is -2.24. The lowest BCUT2D eigenvalue weighted by Gasteiger charge is -2.21. The Balaban J connectivity index is 2.19. The van der Waals surface area contributed by atoms with Gasteiger partial charge < -0.3 is 4.74 Å². The molecule has 15 heavy (non-hydrogen) atoms. The number of hydrogen-bond acceptors (Lipinski definition) is 3. The highest BCUT2D eigenvalue weighted by Crippen LogP contribution is 2.26. The molecule has 0 amide bonds. The van der Waals surface area contributed by atoms with Crippen LogP contribution >= 0.6 is 0 Å². The highest BCUT2D eigenvalue weighted by Gasteiger charge is 2.27. The van der Waals surface area contributed by atoms with E-state index in [1.54, 1.807) is 0 Å². The predicted octanol–water partition coefficient (Wildman–Crippen LogP) is 1.94. The van der Waals surface area contributed by atoms with Crippen molar-refractivity contribution >= 4 is 11.8 Å². The third-order valence-corrected chi connectivity index (χ3v) is 2.48. The van der Waals surface area contributed by atoms with Gasteiger partial charge in [-0.2, -0.15) is 0 Å². The number of Topliss-reactive ketones (excluding diaryl/α,β-unsaturated/α-hetero) is 1. The van der Waals surface area contributed by atoms with Gasteiger partial charge in [-0.25, -0.2) is 0 Å². The Hall–Kier alpha value is -1.64. The first kappa shape index (κ1) is 9.90. The van der Waals surface area contributed by atoms with Crippen molar-refractivity contribution in [1.29, 1.82) is 0 Å². The minimum atomic E-state index is -0.420. The van der Waals surface area contributed by atoms with Crippen LogP contribution in [0.25, 0.3) is 0 Å². The fraction of sp³-hybridized carbons (Fsp3) is 0.333. The molecule has 1 fully saturated rings. The number of ketones is 1. The first-order valence-corrected chi connectivity index (χ1v) is 4.93. The number of hydrogen-bond donors (Lipinski definition) is 0. The molecule has 0 spiro atoms. The second-order valence-electron chi connectivity index (χ2n) is 3.81. The Bertz CT molecular complexity index is 376. The molecule has 1 saturated heterocycles. The number of rotatable bonds is 1. The van der Waals surface area contributed by atoms with Crippen LogP contribution in [0.3, 0.4) is 0 Å². The number of carbonyl (C=O) groups excluding carboxylic acids is 2. The molecule has 3 heteroatoms. The van der Waals surface area contributed by atoms with E-state index < -0.39 is 5.97 Å². The van der Waals surface area contributed by atoms with Gasteiger partial charge in [0.05, 0.1) is 0 Å². The van der Waals surface area contributed by atoms with Crippen LogP contribution in [0, 0.1) is 6.92 Å². The predicted molar refractivity (Wildman–Crippen MR) is 54.3 cm³/mol. The van der Waals surface area contributed by atoms with Gasteiger partial charge in [-0.15, -0.1) is 0 Å². The second-order valence-corrected chi connectivity index (χ2v) is 3.81. The van der Waals surface area contributed by atoms with Crippen molar-refractivity contribution in [2.75, 3.05) is 0 Å². The van der Waals surface area contributed by atoms with E-state index in [2.05, 4.69) is 0 Å². The molecular formula is C12H12O3. The van der Waals surface area contributed by atoms with Crippen molar-refractivity contribution in [3.8, 4) is 0 Å². The normalized spacial score (nSPS) is 21.3. The third kappa shape index (κ3) is 2.24. The van der Waals surface area contributed by atoms with Crippen molar-refractivity contribution in [2.45, 2.75) is 25.9 Å². The fourth-order valence-electron chi connectivity index (χ4n) is 1.65. The van der Waals surface area contributed by atoms with E-state index in [0.29, 0.717) is 6.42 Å². The molecule has 0 radical (unpaired) electrons. The minimum Gasteiger partial charge on any atom is -0.457 e. The number of ether oxygens (including phenoxy) is 1. The average Bonchev–Trinajstić information content (AvgIpc) is 2.17. The maximum absolute atomic E-state index is 11.2. The molecule has 78 valence electrons. The van der Waals surface area contributed by atoms with Crippen LogP contribution in [-0.2, 0) is 14.3 Å². The molecule has 1 heterocycles. The van der Waals surface area contributed by atoms with Crippen LogP contribution in [0.15, 0.2) is 24.3 Å². The van der Waals surface area contributed by atoms with Crippen molar-refractivity contribution < 1.29 is 14.3 Å². The highest BCUT2D eigenvalue weighted by molar-refractivity contribution is 5.97. The Morgan fingerprint density at radius 1 is 1.20 bits per heavy atom. The van der Waals surface area contributed by atoms with Gasteiger partial charge in [0, 0.05) is 6.42 Å². The van der Waals surface area contributed by atoms with Gasteiger partial charge in [0.25, 0.3) is 0 Å². The molecule has 3 nitrogen and oxygen atoms in total. The molecule has 1 atom stereocenters. The summed E-state index contributed by atoms with van der Waals surface area (Å²) in [5, 5.41) is 0. The van der Waals surface area contributed by atoms with Gasteiger partial charge in [0.1, 0.15) is 18.3 Å². The molecule has 0 aliphatic carbocycles. The molecule has 1 aromatic rings. The van der Waals surface area contributed by atoms with Crippen LogP contribution < -0.4 is 0 Å². The topological polar surface area (TPSA) is 43.4 Å². The van der Waals surface area contributed by atoms with E-state index in [1.165, 1.54) is 0 Å². The van der Waals surface area contributed by atoms with Crippen LogP contribution in [0.2, 0.25) is 0 Å². The molecule has 0 saturated carbocycles. The van der Waals surface area contributed by atoms with E-state index in [0.717, 1.165) is 11.1 Å². The van der Waals surface area contributed by atoms with Crippen molar-refractivity contribution in [3.63, 3.8) is 0 Å². The molecule has 1 aromatic carbocycles. The average molecular weight is 204 g/mol. The van der Waals surface area contributed by atoms with Crippen LogP contribution in [0.1, 0.15) is 30.1 Å². The van der Waals surface area contributed by atoms with Gasteiger partial charge in [0.2, 0.25) is 0 Å². The fourth-order valence-corrected chi connectivity index (χ4v) is 1.65. The van der Waals surface area contributed by atoms with Crippen LogP contribution in [-0.4, -0.2) is 11.8 Å². The standard InChI is InChI=1S/C12H12O3/c1-8-2-4-9(5-3-8)11-6-10(13)7-12(14)15-11/h2-5,11H,6-7H2,1H3. The van der Waals surface area contributed by atoms with Crippen molar-refractivity contribution in [2.24, 2.45) is 0 Å². The van der Waals surface area contributed by atoms with E-state index in [4.69, 9.17) is 4.74 Å². The van der Waals surface area contributed by atoms with Crippen molar-refractivity contribution in [3.05, 3.63) is 35.4 Å². The van der Waals surface area contributed by atoms with Crippen molar-refractivity contribution in [1.82, 2.24) is 0 Å². The molecular weight excluding hydrogens is 192 g/mol. The maximum Gasteiger partial charge on any atom is 0.313 e. The summed E-state index contributed by atoms with van der Waals surface area (Å²) in [4.78, 5) is 22.3. The molecule has 0 N–H and O–H groups in total. The third-order valence-electron chi connectivity index (χ3n) is 2.48. The quantitative estimate of drug-likeness (QED) is 0.518. The summed E-state index contributed by atoms with van der Waals surface area (Å²) in [6.45, 7) is 1.99. The number of cyclic esters (lactones) is 1. The zero-order valence-electron chi connectivity index (χ0n) is 8.53. The van der Waals surface area contributed by atoms with E-state index in [1.807, 2.05) is 31.2 Å². The highest BCUT2D eigenvalue weighted by atomic mass is 16.5. The smallest absolute Gasteiger partial charge is 0.313 e. The van der Waals surface area contributed by atoms with Gasteiger partial charge in [0.15, 0.2) is 0 Å². The molecule has 1 aliphatic rings. The summed E-state index contributed by atoms with van der Waals surface area (Å²) in [5.74, 6) is -0.464. The summed E-state index contributed by atoms with van der Waals surface area (Å²) in [5.41, 5.74) is 2.04. The van der Waals surface area contributed by atoms with Gasteiger partial charge >= 0.3 is 5.97 Å². The largest absolute Gasteiger partial charge is 0.457 e. The number of esters is 1. The lowest BCUT2D eigenvalue weighted by molar-refractivity contribution is -0.158. The summed E-state index contributed by atoms with van der Waals surface area (Å²) in [6.07, 6.45) is -0.170. The molecule has 1 aliphatic heterocycles. The minimum absolute atomic E-state index is 0.0446. The Morgan fingerprint density at radius 2 is 1.87 bits per heavy atom. The number of aryl methyl sites for hydroxylation is 1. The summed E-state index contributed by atoms with van der Waals surface area (Å²) in [7, 11) is 0. The Morgan fingerprint density at radius 3 is 2.47 bits per heavy atom. The monoisotopic (exact) mass is 204 g/mol. The second kappa shape index (κ2) is 3.85. The van der Waals surface area contributed by atoms with Crippen LogP contribution in [0.5, 0.6) is 0 Å². The maximum atomic E-state index is 11.2. The lowest BCUT2D eigenvalue weighted by atomic mass is 9.99. The molecule has 2 rings (SSSR count). The van der Waals surface area contributed by atoms with E-state index in [-0.39, 0.29) is 18.3 Å². The summed E-state index contributed by atoms with van der Waals surface area (Å²) >= 11 is 0. The Labute approximate surface area is 88.1 Å². The molecule has 1 unspecified atom stereocenters. The van der Waals surface area contributed by atoms with Crippen LogP contribution in [0.4, 0.5) is 0 Å². The summed E-state index contributed by atoms with van der Waals surface area (Å²) < 4.78 is 5.12. The number of benzene rings is 1. The molecule has 0 aromatic heterocycles. The Kier molecular flexibility index (Phi) is 2.54. The van der Waals surface area contributed by atoms with Gasteiger partial charge in [-0.1, -0.05) is 29.8 Å². The SMILES string of the molecule is Cc1ccc(C2CC(=O)CC(=O)O2)cc1. The number of carbonyl (C=O) groups is 2. The molecule has 0 bridgehead atoms. The van der Waals surface area contributed by atoms with E-state index >= 15 is 0 Å². The first-order chi connectivity index (χ1) is 7.15. The van der Waals surface area contributed by atoms with E-state index in [9.17, 15) is 9.59 Å². The zero-order valence-corrected chi connectivity index (χ0v) is 8.53. The van der Waals surface area contributed by atoms with Gasteiger partial charge in [-0.3, -0.25) is 9.59 Å². The van der Waals surface area contributed by atoms with Gasteiger partial charge in [-0.05, 0) is 12.5 Å². The zero-order chi connectivity index (χ0) is 10.8.